The third kappa shape index (κ3) is 3.43. The zero-order chi connectivity index (χ0) is 20.5. The number of hydrogen-bond donors (Lipinski definition) is 2. The van der Waals surface area contributed by atoms with E-state index in [-0.39, 0.29) is 11.9 Å². The lowest BCUT2D eigenvalue weighted by Crippen LogP contribution is -2.35. The first-order chi connectivity index (χ1) is 14.8. The quantitative estimate of drug-likeness (QED) is 0.785. The molecule has 0 unspecified atom stereocenters. The second-order valence-corrected chi connectivity index (χ2v) is 8.63. The second-order valence-electron chi connectivity index (χ2n) is 8.63. The van der Waals surface area contributed by atoms with Gasteiger partial charge in [0, 0.05) is 23.2 Å². The van der Waals surface area contributed by atoms with Crippen LogP contribution in [0.25, 0.3) is 5.57 Å². The zero-order valence-corrected chi connectivity index (χ0v) is 17.7. The first kappa shape index (κ1) is 19.4. The van der Waals surface area contributed by atoms with Gasteiger partial charge < -0.3 is 15.4 Å². The summed E-state index contributed by atoms with van der Waals surface area (Å²) in [4.78, 5) is 13.0. The molecule has 30 heavy (non-hydrogen) atoms. The standard InChI is InChI=1S/C26H30N2O2/c1-30-23-15-13-18-8-3-5-10-20(18)25(23)24-19-9-4-2-7-17(19)12-14-21(24)28-26(29)22-11-6-16-27-22/h3,5,8,10,12,14,22,27H,2,4,6-7,9,11,13,15-16H2,1H3,(H,28,29)/t22-/m1/s1. The van der Waals surface area contributed by atoms with Gasteiger partial charge in [0.25, 0.3) is 0 Å². The van der Waals surface area contributed by atoms with Crippen LogP contribution in [0, 0.1) is 0 Å². The van der Waals surface area contributed by atoms with Crippen molar-refractivity contribution in [1.82, 2.24) is 5.32 Å². The zero-order valence-electron chi connectivity index (χ0n) is 17.7. The number of rotatable bonds is 4. The fraction of sp³-hybridized carbons (Fsp3) is 0.423. The van der Waals surface area contributed by atoms with Crippen molar-refractivity contribution in [1.29, 1.82) is 0 Å². The number of allylic oxidation sites excluding steroid dienone is 1. The highest BCUT2D eigenvalue weighted by molar-refractivity contribution is 6.00. The number of anilines is 1. The van der Waals surface area contributed by atoms with Gasteiger partial charge in [-0.3, -0.25) is 4.79 Å². The number of nitrogens with one attached hydrogen (secondary N) is 2. The van der Waals surface area contributed by atoms with Crippen LogP contribution in [0.15, 0.2) is 42.2 Å². The third-order valence-electron chi connectivity index (χ3n) is 6.85. The van der Waals surface area contributed by atoms with Gasteiger partial charge in [-0.15, -0.1) is 0 Å². The molecule has 1 atom stereocenters. The van der Waals surface area contributed by atoms with Gasteiger partial charge in [-0.2, -0.15) is 0 Å². The molecule has 2 aromatic carbocycles. The van der Waals surface area contributed by atoms with Gasteiger partial charge in [0.15, 0.2) is 0 Å². The van der Waals surface area contributed by atoms with Crippen molar-refractivity contribution in [3.05, 3.63) is 70.0 Å². The number of methoxy groups -OCH3 is 1. The van der Waals surface area contributed by atoms with Gasteiger partial charge in [-0.1, -0.05) is 30.3 Å². The van der Waals surface area contributed by atoms with E-state index >= 15 is 0 Å². The van der Waals surface area contributed by atoms with E-state index in [2.05, 4.69) is 47.0 Å². The fourth-order valence-corrected chi connectivity index (χ4v) is 5.33. The van der Waals surface area contributed by atoms with Crippen molar-refractivity contribution in [2.45, 2.75) is 57.4 Å². The van der Waals surface area contributed by atoms with Crippen molar-refractivity contribution in [3.8, 4) is 0 Å². The average Bonchev–Trinajstić information content (AvgIpc) is 3.34. The fourth-order valence-electron chi connectivity index (χ4n) is 5.33. The number of hydrogen-bond acceptors (Lipinski definition) is 3. The molecule has 1 fully saturated rings. The summed E-state index contributed by atoms with van der Waals surface area (Å²) in [6.07, 6.45) is 8.44. The Morgan fingerprint density at radius 3 is 2.70 bits per heavy atom. The molecule has 2 aromatic rings. The van der Waals surface area contributed by atoms with Gasteiger partial charge in [0.05, 0.1) is 13.2 Å². The molecule has 0 bridgehead atoms. The monoisotopic (exact) mass is 402 g/mol. The van der Waals surface area contributed by atoms with Crippen LogP contribution >= 0.6 is 0 Å². The molecule has 1 saturated heterocycles. The largest absolute Gasteiger partial charge is 0.500 e. The molecular formula is C26H30N2O2. The molecule has 2 aliphatic carbocycles. The Labute approximate surface area is 178 Å². The van der Waals surface area contributed by atoms with E-state index in [1.807, 2.05) is 0 Å². The van der Waals surface area contributed by atoms with Crippen molar-refractivity contribution in [2.75, 3.05) is 19.0 Å². The predicted molar refractivity (Wildman–Crippen MR) is 121 cm³/mol. The maximum absolute atomic E-state index is 13.0. The summed E-state index contributed by atoms with van der Waals surface area (Å²) in [5.74, 6) is 1.11. The number of benzene rings is 2. The van der Waals surface area contributed by atoms with Gasteiger partial charge in [0.1, 0.15) is 5.76 Å². The molecule has 1 heterocycles. The summed E-state index contributed by atoms with van der Waals surface area (Å²) in [5.41, 5.74) is 8.69. The SMILES string of the molecule is COC1=C(c2c(NC(=O)[C@H]3CCCN3)ccc3c2CCCC3)c2ccccc2CC1. The normalized spacial score (nSPS) is 20.5. The molecule has 1 amide bonds. The van der Waals surface area contributed by atoms with Gasteiger partial charge >= 0.3 is 0 Å². The molecule has 2 N–H and O–H groups in total. The van der Waals surface area contributed by atoms with Gasteiger partial charge in [-0.25, -0.2) is 0 Å². The van der Waals surface area contributed by atoms with Crippen LogP contribution in [0.5, 0.6) is 0 Å². The summed E-state index contributed by atoms with van der Waals surface area (Å²) in [5, 5.41) is 6.61. The molecule has 5 rings (SSSR count). The van der Waals surface area contributed by atoms with E-state index in [0.717, 1.165) is 56.5 Å². The summed E-state index contributed by atoms with van der Waals surface area (Å²) in [7, 11) is 1.78. The van der Waals surface area contributed by atoms with E-state index in [0.29, 0.717) is 0 Å². The Bertz CT molecular complexity index is 1000. The van der Waals surface area contributed by atoms with Crippen LogP contribution in [-0.2, 0) is 28.8 Å². The first-order valence-corrected chi connectivity index (χ1v) is 11.3. The van der Waals surface area contributed by atoms with Crippen LogP contribution in [-0.4, -0.2) is 25.6 Å². The average molecular weight is 403 g/mol. The number of fused-ring (bicyclic) bond motifs is 2. The minimum Gasteiger partial charge on any atom is -0.500 e. The third-order valence-corrected chi connectivity index (χ3v) is 6.85. The van der Waals surface area contributed by atoms with Crippen molar-refractivity contribution in [2.24, 2.45) is 0 Å². The van der Waals surface area contributed by atoms with Gasteiger partial charge in [-0.05, 0) is 79.8 Å². The highest BCUT2D eigenvalue weighted by atomic mass is 16.5. The Kier molecular flexibility index (Phi) is 5.34. The first-order valence-electron chi connectivity index (χ1n) is 11.3. The van der Waals surface area contributed by atoms with Crippen LogP contribution in [0.3, 0.4) is 0 Å². The van der Waals surface area contributed by atoms with Crippen LogP contribution in [0.1, 0.15) is 59.9 Å². The Balaban J connectivity index is 1.67. The molecule has 0 spiro atoms. The van der Waals surface area contributed by atoms with E-state index in [9.17, 15) is 4.79 Å². The number of amides is 1. The maximum atomic E-state index is 13.0. The number of ether oxygens (including phenoxy) is 1. The lowest BCUT2D eigenvalue weighted by Gasteiger charge is -2.29. The second kappa shape index (κ2) is 8.27. The molecule has 0 aromatic heterocycles. The van der Waals surface area contributed by atoms with E-state index in [4.69, 9.17) is 4.74 Å². The molecule has 4 nitrogen and oxygen atoms in total. The molecule has 0 radical (unpaired) electrons. The molecule has 1 aliphatic heterocycles. The minimum atomic E-state index is -0.0941. The predicted octanol–water partition coefficient (Wildman–Crippen LogP) is 4.61. The smallest absolute Gasteiger partial charge is 0.241 e. The molecule has 4 heteroatoms. The van der Waals surface area contributed by atoms with E-state index in [1.54, 1.807) is 7.11 Å². The Morgan fingerprint density at radius 2 is 1.87 bits per heavy atom. The Morgan fingerprint density at radius 1 is 1.00 bits per heavy atom. The number of aryl methyl sites for hydroxylation is 2. The molecule has 156 valence electrons. The Hall–Kier alpha value is -2.59. The highest BCUT2D eigenvalue weighted by Crippen LogP contribution is 2.43. The summed E-state index contributed by atoms with van der Waals surface area (Å²) >= 11 is 0. The highest BCUT2D eigenvalue weighted by Gasteiger charge is 2.29. The summed E-state index contributed by atoms with van der Waals surface area (Å²) < 4.78 is 5.92. The molecular weight excluding hydrogens is 372 g/mol. The van der Waals surface area contributed by atoms with E-state index in [1.165, 1.54) is 46.2 Å². The van der Waals surface area contributed by atoms with Crippen LogP contribution in [0.2, 0.25) is 0 Å². The molecule has 0 saturated carbocycles. The maximum Gasteiger partial charge on any atom is 0.241 e. The van der Waals surface area contributed by atoms with Crippen molar-refractivity contribution >= 4 is 17.2 Å². The summed E-state index contributed by atoms with van der Waals surface area (Å²) in [6.45, 7) is 0.918. The van der Waals surface area contributed by atoms with Crippen molar-refractivity contribution in [3.63, 3.8) is 0 Å². The topological polar surface area (TPSA) is 50.4 Å². The van der Waals surface area contributed by atoms with E-state index < -0.39 is 0 Å². The lowest BCUT2D eigenvalue weighted by atomic mass is 9.79. The van der Waals surface area contributed by atoms with Gasteiger partial charge in [0.2, 0.25) is 5.91 Å². The molecule has 3 aliphatic rings. The minimum absolute atomic E-state index is 0.0770. The van der Waals surface area contributed by atoms with Crippen molar-refractivity contribution < 1.29 is 9.53 Å². The number of carbonyl (C=O) groups is 1. The number of carbonyl (C=O) groups excluding carboxylic acids is 1. The van der Waals surface area contributed by atoms with Crippen LogP contribution < -0.4 is 10.6 Å². The summed E-state index contributed by atoms with van der Waals surface area (Å²) in [6, 6.07) is 12.9. The lowest BCUT2D eigenvalue weighted by molar-refractivity contribution is -0.117. The van der Waals surface area contributed by atoms with Crippen LogP contribution in [0.4, 0.5) is 5.69 Å².